The maximum Gasteiger partial charge on any atom is 0.241 e. The fourth-order valence-electron chi connectivity index (χ4n) is 1.55. The van der Waals surface area contributed by atoms with Crippen LogP contribution in [0.3, 0.4) is 0 Å². The second kappa shape index (κ2) is 5.92. The summed E-state index contributed by atoms with van der Waals surface area (Å²) < 4.78 is 44.8. The summed E-state index contributed by atoms with van der Waals surface area (Å²) in [6.07, 6.45) is 1.41. The Bertz CT molecular complexity index is 700. The lowest BCUT2D eigenvalue weighted by molar-refractivity contribution is 0.281. The van der Waals surface area contributed by atoms with Crippen LogP contribution in [-0.4, -0.2) is 13.5 Å². The number of rotatable bonds is 5. The van der Waals surface area contributed by atoms with E-state index in [1.54, 1.807) is 12.1 Å². The monoisotopic (exact) mass is 319 g/mol. The summed E-state index contributed by atoms with van der Waals surface area (Å²) in [6, 6.07) is 5.14. The Labute approximate surface area is 120 Å². The molecule has 0 saturated heterocycles. The van der Waals surface area contributed by atoms with Crippen LogP contribution in [0.1, 0.15) is 11.3 Å². The fraction of sp³-hybridized carbons (Fsp3) is 0.167. The number of hydrogen-bond donors (Lipinski definition) is 2. The van der Waals surface area contributed by atoms with Crippen molar-refractivity contribution in [3.05, 3.63) is 52.7 Å². The van der Waals surface area contributed by atoms with Crippen molar-refractivity contribution in [2.45, 2.75) is 18.0 Å². The van der Waals surface area contributed by atoms with E-state index in [0.717, 1.165) is 12.1 Å². The van der Waals surface area contributed by atoms with E-state index in [1.807, 2.05) is 0 Å². The molecule has 1 heterocycles. The highest BCUT2D eigenvalue weighted by atomic mass is 35.5. The zero-order valence-corrected chi connectivity index (χ0v) is 11.7. The standard InChI is InChI=1S/C12H11ClFNO4S/c13-12-8(7-16)4-10(5-11(12)14)20(17,18)15-6-9-2-1-3-19-9/h1-5,15-16H,6-7H2. The van der Waals surface area contributed by atoms with Crippen LogP contribution < -0.4 is 4.72 Å². The molecule has 0 fully saturated rings. The molecule has 0 atom stereocenters. The lowest BCUT2D eigenvalue weighted by Gasteiger charge is -2.09. The average molecular weight is 320 g/mol. The zero-order chi connectivity index (χ0) is 14.8. The molecule has 0 amide bonds. The Kier molecular flexibility index (Phi) is 4.44. The highest BCUT2D eigenvalue weighted by molar-refractivity contribution is 7.89. The predicted molar refractivity (Wildman–Crippen MR) is 70.1 cm³/mol. The summed E-state index contributed by atoms with van der Waals surface area (Å²) in [5.74, 6) is -0.484. The Hall–Kier alpha value is -1.41. The van der Waals surface area contributed by atoms with Crippen molar-refractivity contribution in [3.63, 3.8) is 0 Å². The first-order valence-corrected chi connectivity index (χ1v) is 7.41. The summed E-state index contributed by atoms with van der Waals surface area (Å²) >= 11 is 5.61. The Morgan fingerprint density at radius 3 is 2.75 bits per heavy atom. The topological polar surface area (TPSA) is 79.5 Å². The minimum atomic E-state index is -3.93. The third-order valence-corrected chi connectivity index (χ3v) is 4.38. The van der Waals surface area contributed by atoms with Gasteiger partial charge in [-0.05, 0) is 24.3 Å². The van der Waals surface area contributed by atoms with Gasteiger partial charge in [0.05, 0.1) is 29.3 Å². The summed E-state index contributed by atoms with van der Waals surface area (Å²) in [5, 5.41) is 8.74. The molecule has 0 unspecified atom stereocenters. The molecular formula is C12H11ClFNO4S. The molecule has 0 aliphatic heterocycles. The van der Waals surface area contributed by atoms with E-state index < -0.39 is 22.4 Å². The molecule has 0 aliphatic carbocycles. The second-order valence-corrected chi connectivity index (χ2v) is 6.09. The second-order valence-electron chi connectivity index (χ2n) is 3.94. The van der Waals surface area contributed by atoms with Crippen LogP contribution in [0, 0.1) is 5.82 Å². The molecule has 0 spiro atoms. The van der Waals surface area contributed by atoms with Gasteiger partial charge in [-0.2, -0.15) is 0 Å². The molecule has 8 heteroatoms. The van der Waals surface area contributed by atoms with Crippen LogP contribution in [0.2, 0.25) is 5.02 Å². The van der Waals surface area contributed by atoms with Crippen LogP contribution in [-0.2, 0) is 23.2 Å². The van der Waals surface area contributed by atoms with Gasteiger partial charge in [-0.1, -0.05) is 11.6 Å². The number of halogens is 2. The van der Waals surface area contributed by atoms with Crippen LogP contribution >= 0.6 is 11.6 Å². The lowest BCUT2D eigenvalue weighted by Crippen LogP contribution is -2.23. The predicted octanol–water partition coefficient (Wildman–Crippen LogP) is 2.04. The number of aliphatic hydroxyl groups is 1. The molecule has 0 saturated carbocycles. The molecule has 0 bridgehead atoms. The van der Waals surface area contributed by atoms with Crippen molar-refractivity contribution in [1.29, 1.82) is 0 Å². The van der Waals surface area contributed by atoms with Crippen LogP contribution in [0.25, 0.3) is 0 Å². The first-order chi connectivity index (χ1) is 9.44. The largest absolute Gasteiger partial charge is 0.468 e. The zero-order valence-electron chi connectivity index (χ0n) is 10.1. The molecule has 0 aliphatic rings. The quantitative estimate of drug-likeness (QED) is 0.884. The molecule has 1 aromatic heterocycles. The third-order valence-electron chi connectivity index (χ3n) is 2.57. The third kappa shape index (κ3) is 3.18. The smallest absolute Gasteiger partial charge is 0.241 e. The van der Waals surface area contributed by atoms with E-state index in [4.69, 9.17) is 21.1 Å². The van der Waals surface area contributed by atoms with Crippen LogP contribution in [0.5, 0.6) is 0 Å². The number of furan rings is 1. The molecule has 0 radical (unpaired) electrons. The summed E-state index contributed by atoms with van der Waals surface area (Å²) in [5.41, 5.74) is 0.00467. The lowest BCUT2D eigenvalue weighted by atomic mass is 10.2. The molecule has 108 valence electrons. The van der Waals surface area contributed by atoms with Crippen molar-refractivity contribution < 1.29 is 22.3 Å². The van der Waals surface area contributed by atoms with Crippen molar-refractivity contribution in [2.24, 2.45) is 0 Å². The SMILES string of the molecule is O=S(=O)(NCc1ccco1)c1cc(F)c(Cl)c(CO)c1. The maximum atomic E-state index is 13.5. The first kappa shape index (κ1) is 15.0. The Balaban J connectivity index is 2.27. The molecule has 2 aromatic rings. The molecule has 20 heavy (non-hydrogen) atoms. The van der Waals surface area contributed by atoms with Crippen molar-refractivity contribution in [2.75, 3.05) is 0 Å². The molecular weight excluding hydrogens is 309 g/mol. The Morgan fingerprint density at radius 1 is 1.40 bits per heavy atom. The number of benzene rings is 1. The molecule has 2 N–H and O–H groups in total. The fourth-order valence-corrected chi connectivity index (χ4v) is 2.78. The highest BCUT2D eigenvalue weighted by Crippen LogP contribution is 2.24. The van der Waals surface area contributed by atoms with E-state index in [1.165, 1.54) is 6.26 Å². The van der Waals surface area contributed by atoms with E-state index >= 15 is 0 Å². The van der Waals surface area contributed by atoms with E-state index in [2.05, 4.69) is 4.72 Å². The minimum Gasteiger partial charge on any atom is -0.468 e. The summed E-state index contributed by atoms with van der Waals surface area (Å²) in [6.45, 7) is -0.620. The van der Waals surface area contributed by atoms with Gasteiger partial charge in [0.25, 0.3) is 0 Å². The summed E-state index contributed by atoms with van der Waals surface area (Å²) in [4.78, 5) is -0.310. The number of nitrogens with one attached hydrogen (secondary N) is 1. The van der Waals surface area contributed by atoms with Gasteiger partial charge in [0.15, 0.2) is 0 Å². The highest BCUT2D eigenvalue weighted by Gasteiger charge is 2.19. The van der Waals surface area contributed by atoms with E-state index in [0.29, 0.717) is 5.76 Å². The van der Waals surface area contributed by atoms with Crippen LogP contribution in [0.4, 0.5) is 4.39 Å². The minimum absolute atomic E-state index is 0.00467. The number of sulfonamides is 1. The van der Waals surface area contributed by atoms with Gasteiger partial charge < -0.3 is 9.52 Å². The molecule has 5 nitrogen and oxygen atoms in total. The van der Waals surface area contributed by atoms with Gasteiger partial charge in [-0.3, -0.25) is 0 Å². The first-order valence-electron chi connectivity index (χ1n) is 5.55. The van der Waals surface area contributed by atoms with Gasteiger partial charge in [-0.15, -0.1) is 0 Å². The van der Waals surface area contributed by atoms with Crippen LogP contribution in [0.15, 0.2) is 39.8 Å². The number of aliphatic hydroxyl groups excluding tert-OH is 1. The van der Waals surface area contributed by atoms with Crippen molar-refractivity contribution >= 4 is 21.6 Å². The van der Waals surface area contributed by atoms with Crippen molar-refractivity contribution in [3.8, 4) is 0 Å². The van der Waals surface area contributed by atoms with Gasteiger partial charge in [0.1, 0.15) is 11.6 Å². The number of hydrogen-bond acceptors (Lipinski definition) is 4. The van der Waals surface area contributed by atoms with Crippen molar-refractivity contribution in [1.82, 2.24) is 4.72 Å². The maximum absolute atomic E-state index is 13.5. The van der Waals surface area contributed by atoms with Gasteiger partial charge >= 0.3 is 0 Å². The Morgan fingerprint density at radius 2 is 2.15 bits per heavy atom. The van der Waals surface area contributed by atoms with Gasteiger partial charge in [0.2, 0.25) is 10.0 Å². The van der Waals surface area contributed by atoms with E-state index in [-0.39, 0.29) is 22.0 Å². The van der Waals surface area contributed by atoms with E-state index in [9.17, 15) is 12.8 Å². The van der Waals surface area contributed by atoms with Gasteiger partial charge in [0, 0.05) is 5.56 Å². The molecule has 2 rings (SSSR count). The van der Waals surface area contributed by atoms with Gasteiger partial charge in [-0.25, -0.2) is 17.5 Å². The molecule has 1 aromatic carbocycles. The average Bonchev–Trinajstić information content (AvgIpc) is 2.92. The normalized spacial score (nSPS) is 11.8. The summed E-state index contributed by atoms with van der Waals surface area (Å²) in [7, 11) is -3.93.